The number of esters is 1. The van der Waals surface area contributed by atoms with Crippen LogP contribution in [0.5, 0.6) is 0 Å². The first-order valence-corrected chi connectivity index (χ1v) is 10.8. The zero-order chi connectivity index (χ0) is 21.2. The minimum absolute atomic E-state index is 0.219. The Balaban J connectivity index is 2.29. The molecule has 0 saturated heterocycles. The largest absolute Gasteiger partial charge is 0.464 e. The van der Waals surface area contributed by atoms with Gasteiger partial charge in [-0.1, -0.05) is 48.0 Å². The highest BCUT2D eigenvalue weighted by Gasteiger charge is 2.26. The highest BCUT2D eigenvalue weighted by molar-refractivity contribution is 7.90. The van der Waals surface area contributed by atoms with Gasteiger partial charge in [0, 0.05) is 17.4 Å². The van der Waals surface area contributed by atoms with Crippen LogP contribution in [0, 0.1) is 6.92 Å². The number of nitrogens with zero attached hydrogens (tertiary/aromatic N) is 2. The molecule has 0 bridgehead atoms. The van der Waals surface area contributed by atoms with E-state index in [1.807, 2.05) is 31.2 Å². The Hall–Kier alpha value is -3.19. The van der Waals surface area contributed by atoms with Gasteiger partial charge in [0.1, 0.15) is 5.69 Å². The Kier molecular flexibility index (Phi) is 5.70. The normalized spacial score (nSPS) is 11.3. The van der Waals surface area contributed by atoms with Crippen molar-refractivity contribution in [3.63, 3.8) is 0 Å². The van der Waals surface area contributed by atoms with E-state index in [1.54, 1.807) is 22.9 Å². The summed E-state index contributed by atoms with van der Waals surface area (Å²) in [4.78, 5) is 12.8. The molecule has 1 aromatic heterocycles. The number of carbonyl (C=O) groups excluding carboxylic acids is 1. The van der Waals surface area contributed by atoms with Gasteiger partial charge in [0.15, 0.2) is 15.5 Å². The average Bonchev–Trinajstić information content (AvgIpc) is 3.07. The number of aryl methyl sites for hydroxylation is 1. The molecule has 0 spiro atoms. The van der Waals surface area contributed by atoms with Gasteiger partial charge in [-0.25, -0.2) is 13.2 Å². The van der Waals surface area contributed by atoms with Gasteiger partial charge in [-0.05, 0) is 24.6 Å². The summed E-state index contributed by atoms with van der Waals surface area (Å²) in [6.45, 7) is 6.04. The van der Waals surface area contributed by atoms with Crippen LogP contribution in [0.15, 0.2) is 66.1 Å². The van der Waals surface area contributed by atoms with Crippen molar-refractivity contribution in [1.29, 1.82) is 0 Å². The van der Waals surface area contributed by atoms with Gasteiger partial charge in [-0.15, -0.1) is 6.58 Å². The van der Waals surface area contributed by atoms with Crippen molar-refractivity contribution in [1.82, 2.24) is 9.78 Å². The molecule has 0 atom stereocenters. The predicted molar refractivity (Wildman–Crippen MR) is 112 cm³/mol. The molecular formula is C22H22N2O4S. The second-order valence-corrected chi connectivity index (χ2v) is 8.71. The van der Waals surface area contributed by atoms with Crippen molar-refractivity contribution < 1.29 is 17.9 Å². The van der Waals surface area contributed by atoms with Crippen molar-refractivity contribution in [2.45, 2.75) is 18.4 Å². The van der Waals surface area contributed by atoms with Crippen LogP contribution in [0.4, 0.5) is 0 Å². The maximum Gasteiger partial charge on any atom is 0.357 e. The van der Waals surface area contributed by atoms with Crippen LogP contribution in [0.25, 0.3) is 22.4 Å². The smallest absolute Gasteiger partial charge is 0.357 e. The SMILES string of the molecule is C=CCn1nc(-c2ccc(S(C)(=O)=O)cc2)c(-c2ccc(C)cc2)c1C(=O)OC. The number of benzene rings is 2. The molecule has 0 aliphatic rings. The van der Waals surface area contributed by atoms with Crippen molar-refractivity contribution in [2.75, 3.05) is 13.4 Å². The lowest BCUT2D eigenvalue weighted by atomic mass is 9.98. The zero-order valence-electron chi connectivity index (χ0n) is 16.5. The Bertz CT molecular complexity index is 1160. The standard InChI is InChI=1S/C22H22N2O4S/c1-5-14-24-21(22(25)28-3)19(16-8-6-15(2)7-9-16)20(23-24)17-10-12-18(13-11-17)29(4,26)27/h5-13H,1,14H2,2-4H3. The second kappa shape index (κ2) is 8.05. The lowest BCUT2D eigenvalue weighted by Gasteiger charge is -2.08. The zero-order valence-corrected chi connectivity index (χ0v) is 17.4. The van der Waals surface area contributed by atoms with Crippen LogP contribution in [-0.4, -0.2) is 37.5 Å². The molecule has 3 aromatic rings. The fourth-order valence-electron chi connectivity index (χ4n) is 3.08. The van der Waals surface area contributed by atoms with E-state index in [4.69, 9.17) is 4.74 Å². The number of sulfone groups is 1. The number of aromatic nitrogens is 2. The van der Waals surface area contributed by atoms with Gasteiger partial charge >= 0.3 is 5.97 Å². The van der Waals surface area contributed by atoms with E-state index < -0.39 is 15.8 Å². The van der Waals surface area contributed by atoms with Gasteiger partial charge in [0.05, 0.1) is 18.6 Å². The van der Waals surface area contributed by atoms with Crippen LogP contribution in [-0.2, 0) is 21.1 Å². The van der Waals surface area contributed by atoms with E-state index >= 15 is 0 Å². The fraction of sp³-hybridized carbons (Fsp3) is 0.182. The van der Waals surface area contributed by atoms with Crippen LogP contribution in [0.3, 0.4) is 0 Å². The van der Waals surface area contributed by atoms with Crippen molar-refractivity contribution in [3.8, 4) is 22.4 Å². The van der Waals surface area contributed by atoms with E-state index in [0.717, 1.165) is 17.4 Å². The quantitative estimate of drug-likeness (QED) is 0.455. The number of hydrogen-bond donors (Lipinski definition) is 0. The van der Waals surface area contributed by atoms with E-state index in [1.165, 1.54) is 19.2 Å². The maximum atomic E-state index is 12.6. The maximum absolute atomic E-state index is 12.6. The monoisotopic (exact) mass is 410 g/mol. The van der Waals surface area contributed by atoms with Crippen LogP contribution in [0.2, 0.25) is 0 Å². The molecule has 2 aromatic carbocycles. The molecule has 0 aliphatic heterocycles. The average molecular weight is 410 g/mol. The first-order valence-electron chi connectivity index (χ1n) is 8.93. The Morgan fingerprint density at radius 2 is 1.69 bits per heavy atom. The summed E-state index contributed by atoms with van der Waals surface area (Å²) in [6.07, 6.45) is 2.81. The van der Waals surface area contributed by atoms with Gasteiger partial charge < -0.3 is 4.74 Å². The van der Waals surface area contributed by atoms with E-state index in [0.29, 0.717) is 29.1 Å². The Morgan fingerprint density at radius 3 is 2.21 bits per heavy atom. The molecule has 0 N–H and O–H groups in total. The molecule has 0 aliphatic carbocycles. The van der Waals surface area contributed by atoms with Gasteiger partial charge in [0.2, 0.25) is 0 Å². The molecule has 0 saturated carbocycles. The van der Waals surface area contributed by atoms with Crippen molar-refractivity contribution >= 4 is 15.8 Å². The predicted octanol–water partition coefficient (Wildman–Crippen LogP) is 3.90. The summed E-state index contributed by atoms with van der Waals surface area (Å²) < 4.78 is 30.1. The van der Waals surface area contributed by atoms with Crippen molar-refractivity contribution in [2.24, 2.45) is 0 Å². The Morgan fingerprint density at radius 1 is 1.10 bits per heavy atom. The van der Waals surface area contributed by atoms with Crippen LogP contribution in [0.1, 0.15) is 16.1 Å². The molecular weight excluding hydrogens is 388 g/mol. The molecule has 29 heavy (non-hydrogen) atoms. The summed E-state index contributed by atoms with van der Waals surface area (Å²) in [5.41, 5.74) is 4.11. The summed E-state index contributed by atoms with van der Waals surface area (Å²) >= 11 is 0. The van der Waals surface area contributed by atoms with E-state index in [-0.39, 0.29) is 4.90 Å². The summed E-state index contributed by atoms with van der Waals surface area (Å²) in [5, 5.41) is 4.62. The highest BCUT2D eigenvalue weighted by Crippen LogP contribution is 2.35. The molecule has 0 amide bonds. The first kappa shape index (κ1) is 20.5. The van der Waals surface area contributed by atoms with Gasteiger partial charge in [-0.3, -0.25) is 4.68 Å². The molecule has 3 rings (SSSR count). The Labute approximate surface area is 170 Å². The highest BCUT2D eigenvalue weighted by atomic mass is 32.2. The summed E-state index contributed by atoms with van der Waals surface area (Å²) in [7, 11) is -1.98. The number of methoxy groups -OCH3 is 1. The number of allylic oxidation sites excluding steroid dienone is 1. The fourth-order valence-corrected chi connectivity index (χ4v) is 3.71. The lowest BCUT2D eigenvalue weighted by Crippen LogP contribution is -2.12. The summed E-state index contributed by atoms with van der Waals surface area (Å²) in [6, 6.07) is 14.2. The topological polar surface area (TPSA) is 78.3 Å². The number of ether oxygens (including phenoxy) is 1. The third kappa shape index (κ3) is 4.14. The van der Waals surface area contributed by atoms with Crippen molar-refractivity contribution in [3.05, 3.63) is 72.4 Å². The first-order chi connectivity index (χ1) is 13.8. The molecule has 7 heteroatoms. The molecule has 6 nitrogen and oxygen atoms in total. The number of carbonyl (C=O) groups is 1. The minimum Gasteiger partial charge on any atom is -0.464 e. The number of hydrogen-bond acceptors (Lipinski definition) is 5. The van der Waals surface area contributed by atoms with E-state index in [9.17, 15) is 13.2 Å². The van der Waals surface area contributed by atoms with Gasteiger partial charge in [-0.2, -0.15) is 5.10 Å². The van der Waals surface area contributed by atoms with Crippen LogP contribution < -0.4 is 0 Å². The lowest BCUT2D eigenvalue weighted by molar-refractivity contribution is 0.0588. The molecule has 0 fully saturated rings. The van der Waals surface area contributed by atoms with Crippen LogP contribution >= 0.6 is 0 Å². The molecule has 150 valence electrons. The molecule has 1 heterocycles. The number of rotatable bonds is 6. The van der Waals surface area contributed by atoms with Gasteiger partial charge in [0.25, 0.3) is 0 Å². The summed E-state index contributed by atoms with van der Waals surface area (Å²) in [5.74, 6) is -0.506. The third-order valence-electron chi connectivity index (χ3n) is 4.53. The minimum atomic E-state index is -3.31. The second-order valence-electron chi connectivity index (χ2n) is 6.70. The molecule has 0 radical (unpaired) electrons. The molecule has 0 unspecified atom stereocenters. The third-order valence-corrected chi connectivity index (χ3v) is 5.66. The van der Waals surface area contributed by atoms with E-state index in [2.05, 4.69) is 11.7 Å².